The molecule has 0 spiro atoms. The molecule has 10 nitrogen and oxygen atoms in total. The van der Waals surface area contributed by atoms with Crippen LogP contribution >= 0.6 is 0 Å². The van der Waals surface area contributed by atoms with Crippen molar-refractivity contribution in [2.45, 2.75) is 25.3 Å². The largest absolute Gasteiger partial charge is 0.353 e. The Bertz CT molecular complexity index is 1400. The van der Waals surface area contributed by atoms with Crippen molar-refractivity contribution in [1.29, 1.82) is 0 Å². The Morgan fingerprint density at radius 2 is 1.85 bits per heavy atom. The van der Waals surface area contributed by atoms with Crippen LogP contribution in [-0.2, 0) is 11.3 Å². The van der Waals surface area contributed by atoms with Gasteiger partial charge in [-0.2, -0.15) is 4.98 Å². The number of para-hydroxylation sites is 1. The van der Waals surface area contributed by atoms with Gasteiger partial charge in [-0.05, 0) is 37.1 Å². The summed E-state index contributed by atoms with van der Waals surface area (Å²) < 4.78 is 6.71. The van der Waals surface area contributed by atoms with Crippen molar-refractivity contribution >= 4 is 22.6 Å². The van der Waals surface area contributed by atoms with E-state index < -0.39 is 0 Å². The number of benzene rings is 1. The molecule has 0 atom stereocenters. The molecule has 2 aliphatic rings. The second-order valence-corrected chi connectivity index (χ2v) is 8.70. The van der Waals surface area contributed by atoms with Crippen LogP contribution in [0.3, 0.4) is 0 Å². The molecule has 10 heteroatoms. The summed E-state index contributed by atoms with van der Waals surface area (Å²) in [5, 5.41) is 4.58. The summed E-state index contributed by atoms with van der Waals surface area (Å²) in [6.45, 7) is 2.44. The number of nitrogens with zero attached hydrogens (tertiary/aromatic N) is 7. The number of carbonyl (C=O) groups excluding carboxylic acids is 1. The van der Waals surface area contributed by atoms with Crippen molar-refractivity contribution in [1.82, 2.24) is 29.6 Å². The highest BCUT2D eigenvalue weighted by molar-refractivity contribution is 5.79. The zero-order valence-electron chi connectivity index (χ0n) is 18.5. The third kappa shape index (κ3) is 3.91. The molecule has 2 fully saturated rings. The van der Waals surface area contributed by atoms with E-state index in [1.165, 1.54) is 10.9 Å². The van der Waals surface area contributed by atoms with Crippen LogP contribution in [0.2, 0.25) is 0 Å². The summed E-state index contributed by atoms with van der Waals surface area (Å²) in [4.78, 5) is 42.8. The van der Waals surface area contributed by atoms with Gasteiger partial charge in [0.05, 0.1) is 17.2 Å². The van der Waals surface area contributed by atoms with Gasteiger partial charge in [-0.25, -0.2) is 9.97 Å². The quantitative estimate of drug-likeness (QED) is 0.448. The number of hydrogen-bond donors (Lipinski definition) is 0. The first-order chi connectivity index (χ1) is 16.7. The molecule has 0 N–H and O–H groups in total. The molecule has 1 saturated carbocycles. The van der Waals surface area contributed by atoms with E-state index in [4.69, 9.17) is 4.52 Å². The Hall–Kier alpha value is -4.08. The summed E-state index contributed by atoms with van der Waals surface area (Å²) in [5.41, 5.74) is 1.25. The van der Waals surface area contributed by atoms with Gasteiger partial charge in [0.15, 0.2) is 0 Å². The molecule has 172 valence electrons. The second kappa shape index (κ2) is 8.36. The summed E-state index contributed by atoms with van der Waals surface area (Å²) in [7, 11) is 0. The number of piperazine rings is 1. The Morgan fingerprint density at radius 1 is 1.03 bits per heavy atom. The summed E-state index contributed by atoms with van der Waals surface area (Å²) in [6.07, 6.45) is 5.43. The number of carbonyl (C=O) groups is 1. The molecule has 3 aromatic heterocycles. The van der Waals surface area contributed by atoms with E-state index in [-0.39, 0.29) is 18.0 Å². The van der Waals surface area contributed by atoms with Crippen LogP contribution in [-0.4, -0.2) is 61.7 Å². The van der Waals surface area contributed by atoms with Crippen molar-refractivity contribution in [3.05, 3.63) is 65.2 Å². The summed E-state index contributed by atoms with van der Waals surface area (Å²) >= 11 is 0. The smallest absolute Gasteiger partial charge is 0.261 e. The average molecular weight is 457 g/mol. The molecule has 6 rings (SSSR count). The topological polar surface area (TPSA) is 110 Å². The van der Waals surface area contributed by atoms with Crippen LogP contribution < -0.4 is 10.5 Å². The van der Waals surface area contributed by atoms with Gasteiger partial charge in [0.25, 0.3) is 5.56 Å². The molecule has 1 aliphatic carbocycles. The fraction of sp³-hybridized carbons (Fsp3) is 0.333. The van der Waals surface area contributed by atoms with Crippen LogP contribution in [0.4, 0.5) is 5.82 Å². The first-order valence-electron chi connectivity index (χ1n) is 11.4. The van der Waals surface area contributed by atoms with Crippen LogP contribution in [0.5, 0.6) is 0 Å². The Morgan fingerprint density at radius 3 is 2.62 bits per heavy atom. The fourth-order valence-corrected chi connectivity index (χ4v) is 4.20. The predicted molar refractivity (Wildman–Crippen MR) is 124 cm³/mol. The first-order valence-corrected chi connectivity index (χ1v) is 11.4. The standard InChI is InChI=1S/C24H23N7O3/c32-21(14-31-15-26-19-4-2-1-3-18(19)24(31)33)30-11-9-29(10-12-30)20-8-7-17(13-25-20)22-27-23(34-28-22)16-5-6-16/h1-4,7-8,13,15-16H,5-6,9-12,14H2. The highest BCUT2D eigenvalue weighted by Gasteiger charge is 2.30. The monoisotopic (exact) mass is 457 g/mol. The first kappa shape index (κ1) is 20.5. The zero-order chi connectivity index (χ0) is 23.1. The molecule has 1 aliphatic heterocycles. The highest BCUT2D eigenvalue weighted by atomic mass is 16.5. The molecule has 1 aromatic carbocycles. The molecule has 4 heterocycles. The van der Waals surface area contributed by atoms with Gasteiger partial charge in [0.2, 0.25) is 17.6 Å². The van der Waals surface area contributed by atoms with Crippen LogP contribution in [0.1, 0.15) is 24.7 Å². The van der Waals surface area contributed by atoms with E-state index in [2.05, 4.69) is 25.0 Å². The summed E-state index contributed by atoms with van der Waals surface area (Å²) in [5.74, 6) is 2.45. The van der Waals surface area contributed by atoms with Crippen molar-refractivity contribution in [2.24, 2.45) is 0 Å². The van der Waals surface area contributed by atoms with Crippen molar-refractivity contribution in [2.75, 3.05) is 31.1 Å². The predicted octanol–water partition coefficient (Wildman–Crippen LogP) is 2.07. The second-order valence-electron chi connectivity index (χ2n) is 8.70. The van der Waals surface area contributed by atoms with Gasteiger partial charge in [-0.15, -0.1) is 0 Å². The number of fused-ring (bicyclic) bond motifs is 1. The van der Waals surface area contributed by atoms with Gasteiger partial charge in [-0.3, -0.25) is 14.2 Å². The van der Waals surface area contributed by atoms with Crippen molar-refractivity contribution < 1.29 is 9.32 Å². The number of anilines is 1. The lowest BCUT2D eigenvalue weighted by Gasteiger charge is -2.35. The minimum absolute atomic E-state index is 0.0167. The van der Waals surface area contributed by atoms with E-state index in [0.29, 0.717) is 54.7 Å². The van der Waals surface area contributed by atoms with Gasteiger partial charge in [0, 0.05) is 43.9 Å². The Labute approximate surface area is 194 Å². The maximum absolute atomic E-state index is 12.8. The number of amides is 1. The van der Waals surface area contributed by atoms with Crippen molar-refractivity contribution in [3.8, 4) is 11.4 Å². The number of hydrogen-bond acceptors (Lipinski definition) is 8. The lowest BCUT2D eigenvalue weighted by Crippen LogP contribution is -2.50. The molecular formula is C24H23N7O3. The number of pyridine rings is 1. The Kier molecular flexibility index (Phi) is 5.05. The van der Waals surface area contributed by atoms with E-state index in [1.54, 1.807) is 29.3 Å². The maximum atomic E-state index is 12.8. The molecule has 0 bridgehead atoms. The number of aromatic nitrogens is 5. The van der Waals surface area contributed by atoms with Gasteiger partial charge >= 0.3 is 0 Å². The zero-order valence-corrected chi connectivity index (χ0v) is 18.5. The molecule has 0 radical (unpaired) electrons. The molecule has 0 unspecified atom stereocenters. The third-order valence-corrected chi connectivity index (χ3v) is 6.37. The van der Waals surface area contributed by atoms with Gasteiger partial charge in [0.1, 0.15) is 12.4 Å². The molecule has 1 saturated heterocycles. The van der Waals surface area contributed by atoms with Gasteiger partial charge < -0.3 is 14.3 Å². The van der Waals surface area contributed by atoms with E-state index in [1.807, 2.05) is 18.2 Å². The lowest BCUT2D eigenvalue weighted by atomic mass is 10.2. The molecule has 1 amide bonds. The molecule has 34 heavy (non-hydrogen) atoms. The fourth-order valence-electron chi connectivity index (χ4n) is 4.20. The molecule has 4 aromatic rings. The minimum Gasteiger partial charge on any atom is -0.353 e. The van der Waals surface area contributed by atoms with Gasteiger partial charge in [-0.1, -0.05) is 17.3 Å². The number of rotatable bonds is 5. The summed E-state index contributed by atoms with van der Waals surface area (Å²) in [6, 6.07) is 11.0. The van der Waals surface area contributed by atoms with Crippen molar-refractivity contribution in [3.63, 3.8) is 0 Å². The van der Waals surface area contributed by atoms with Crippen LogP contribution in [0, 0.1) is 0 Å². The Balaban J connectivity index is 1.08. The average Bonchev–Trinajstić information content (AvgIpc) is 3.62. The SMILES string of the molecule is O=C(Cn1cnc2ccccc2c1=O)N1CCN(c2ccc(-c3noc(C4CC4)n3)cn2)CC1. The molecular weight excluding hydrogens is 434 g/mol. The van der Waals surface area contributed by atoms with E-state index >= 15 is 0 Å². The third-order valence-electron chi connectivity index (χ3n) is 6.37. The highest BCUT2D eigenvalue weighted by Crippen LogP contribution is 2.39. The lowest BCUT2D eigenvalue weighted by molar-refractivity contribution is -0.132. The van der Waals surface area contributed by atoms with E-state index in [0.717, 1.165) is 24.2 Å². The van der Waals surface area contributed by atoms with Crippen LogP contribution in [0.25, 0.3) is 22.3 Å². The van der Waals surface area contributed by atoms with Crippen LogP contribution in [0.15, 0.2) is 58.2 Å². The maximum Gasteiger partial charge on any atom is 0.261 e. The normalized spacial score (nSPS) is 16.2. The van der Waals surface area contributed by atoms with E-state index in [9.17, 15) is 9.59 Å². The minimum atomic E-state index is -0.201.